The first-order valence-electron chi connectivity index (χ1n) is 7.63. The molecule has 152 valence electrons. The predicted molar refractivity (Wildman–Crippen MR) is 131 cm³/mol. The van der Waals surface area contributed by atoms with Gasteiger partial charge in [-0.25, -0.2) is 0 Å². The molecule has 0 aliphatic heterocycles. The fourth-order valence-electron chi connectivity index (χ4n) is 1.33. The molecular weight excluding hydrogens is 524 g/mol. The third-order valence-corrected chi connectivity index (χ3v) is 4.70. The molecule has 0 amide bonds. The second-order valence-electron chi connectivity index (χ2n) is 4.76. The molecule has 0 aliphatic rings. The summed E-state index contributed by atoms with van der Waals surface area (Å²) in [5.41, 5.74) is 0. The van der Waals surface area contributed by atoms with Crippen LogP contribution in [0.1, 0.15) is 6.92 Å². The fraction of sp³-hybridized carbons (Fsp3) is 0.100. The van der Waals surface area contributed by atoms with Crippen LogP contribution in [0.2, 0.25) is 30.1 Å². The Morgan fingerprint density at radius 3 is 1.07 bits per heavy atom. The minimum absolute atomic E-state index is 0.222. The molecule has 0 atom stereocenters. The summed E-state index contributed by atoms with van der Waals surface area (Å²) in [7, 11) is 0. The maximum Gasteiger partial charge on any atom is 0.105 e. The number of benzene rings is 3. The van der Waals surface area contributed by atoms with Crippen molar-refractivity contribution in [3.63, 3.8) is 0 Å². The van der Waals surface area contributed by atoms with Crippen LogP contribution in [-0.2, 0) is 0 Å². The monoisotopic (exact) mass is 536 g/mol. The summed E-state index contributed by atoms with van der Waals surface area (Å²) in [5.74, 6) is 0. The van der Waals surface area contributed by atoms with E-state index in [9.17, 15) is 0 Å². The molecule has 0 saturated heterocycles. The van der Waals surface area contributed by atoms with Gasteiger partial charge in [-0.3, -0.25) is 0 Å². The first-order valence-corrected chi connectivity index (χ1v) is 10.8. The SMILES string of the molecule is CC(Cl)Cl.Clc1cccc(Cl)c1Cl.Clc1ccccc1.Clc1ccccc1Cl. The summed E-state index contributed by atoms with van der Waals surface area (Å²) in [6.45, 7) is 1.70. The number of hydrogen-bond acceptors (Lipinski definition) is 0. The van der Waals surface area contributed by atoms with Crippen LogP contribution in [0.4, 0.5) is 0 Å². The molecule has 0 unspecified atom stereocenters. The Morgan fingerprint density at radius 1 is 0.500 bits per heavy atom. The minimum atomic E-state index is -0.222. The molecule has 8 heteroatoms. The maximum atomic E-state index is 5.61. The Morgan fingerprint density at radius 2 is 0.821 bits per heavy atom. The van der Waals surface area contributed by atoms with Crippen molar-refractivity contribution < 1.29 is 0 Å². The highest BCUT2D eigenvalue weighted by Crippen LogP contribution is 2.28. The third kappa shape index (κ3) is 14.9. The van der Waals surface area contributed by atoms with E-state index in [1.165, 1.54) is 0 Å². The van der Waals surface area contributed by atoms with Crippen molar-refractivity contribution in [2.24, 2.45) is 0 Å². The van der Waals surface area contributed by atoms with E-state index in [0.29, 0.717) is 25.1 Å². The van der Waals surface area contributed by atoms with Crippen molar-refractivity contribution in [3.05, 3.63) is 103 Å². The van der Waals surface area contributed by atoms with E-state index in [4.69, 9.17) is 92.8 Å². The highest BCUT2D eigenvalue weighted by molar-refractivity contribution is 6.48. The number of hydrogen-bond donors (Lipinski definition) is 0. The van der Waals surface area contributed by atoms with Gasteiger partial charge in [0.2, 0.25) is 0 Å². The predicted octanol–water partition coefficient (Wildman–Crippen LogP) is 10.8. The zero-order valence-electron chi connectivity index (χ0n) is 14.5. The van der Waals surface area contributed by atoms with Gasteiger partial charge >= 0.3 is 0 Å². The molecule has 0 aliphatic carbocycles. The molecule has 3 aromatic carbocycles. The zero-order valence-corrected chi connectivity index (χ0v) is 20.6. The lowest BCUT2D eigenvalue weighted by molar-refractivity contribution is 1.39. The fourth-order valence-corrected chi connectivity index (χ4v) is 2.27. The van der Waals surface area contributed by atoms with Gasteiger partial charge in [0.25, 0.3) is 0 Å². The van der Waals surface area contributed by atoms with Crippen LogP contribution in [0.5, 0.6) is 0 Å². The quantitative estimate of drug-likeness (QED) is 0.197. The molecule has 0 nitrogen and oxygen atoms in total. The molecule has 0 fully saturated rings. The maximum absolute atomic E-state index is 5.61. The van der Waals surface area contributed by atoms with Gasteiger partial charge in [0, 0.05) is 5.02 Å². The lowest BCUT2D eigenvalue weighted by Gasteiger charge is -1.94. The molecule has 3 rings (SSSR count). The van der Waals surface area contributed by atoms with Crippen LogP contribution in [0.25, 0.3) is 0 Å². The normalized spacial score (nSPS) is 9.21. The average molecular weight is 540 g/mol. The Balaban J connectivity index is 0.000000360. The molecule has 3 aromatic rings. The summed E-state index contributed by atoms with van der Waals surface area (Å²) in [6.07, 6.45) is 0. The molecule has 0 radical (unpaired) electrons. The third-order valence-electron chi connectivity index (χ3n) is 2.46. The lowest BCUT2D eigenvalue weighted by atomic mass is 10.4. The smallest absolute Gasteiger partial charge is 0.105 e. The Kier molecular flexibility index (Phi) is 16.7. The van der Waals surface area contributed by atoms with E-state index >= 15 is 0 Å². The van der Waals surface area contributed by atoms with E-state index in [0.717, 1.165) is 5.02 Å². The van der Waals surface area contributed by atoms with Crippen LogP contribution < -0.4 is 0 Å². The summed E-state index contributed by atoms with van der Waals surface area (Å²) in [4.78, 5) is -0.222. The van der Waals surface area contributed by atoms with Crippen molar-refractivity contribution >= 4 is 92.8 Å². The van der Waals surface area contributed by atoms with E-state index in [1.54, 1.807) is 37.3 Å². The van der Waals surface area contributed by atoms with Crippen LogP contribution in [0.3, 0.4) is 0 Å². The molecule has 0 N–H and O–H groups in total. The summed E-state index contributed by atoms with van der Waals surface area (Å²) in [6, 6.07) is 21.8. The highest BCUT2D eigenvalue weighted by atomic mass is 35.5. The highest BCUT2D eigenvalue weighted by Gasteiger charge is 1.98. The number of rotatable bonds is 0. The molecule has 0 spiro atoms. The Labute approximate surface area is 206 Å². The van der Waals surface area contributed by atoms with Gasteiger partial charge in [-0.15, -0.1) is 23.2 Å². The first kappa shape index (κ1) is 28.0. The van der Waals surface area contributed by atoms with Crippen LogP contribution >= 0.6 is 92.8 Å². The largest absolute Gasteiger partial charge is 0.106 e. The van der Waals surface area contributed by atoms with E-state index < -0.39 is 0 Å². The van der Waals surface area contributed by atoms with Gasteiger partial charge in [0.15, 0.2) is 0 Å². The van der Waals surface area contributed by atoms with Gasteiger partial charge in [-0.1, -0.05) is 106 Å². The second-order valence-corrected chi connectivity index (χ2v) is 8.74. The van der Waals surface area contributed by atoms with Gasteiger partial charge in [0.05, 0.1) is 25.1 Å². The molecule has 0 heterocycles. The van der Waals surface area contributed by atoms with E-state index in [1.807, 2.05) is 42.5 Å². The topological polar surface area (TPSA) is 0 Å². The van der Waals surface area contributed by atoms with Crippen molar-refractivity contribution in [2.45, 2.75) is 11.8 Å². The molecular formula is C20H16Cl8. The summed E-state index contributed by atoms with van der Waals surface area (Å²) >= 11 is 43.6. The van der Waals surface area contributed by atoms with Crippen molar-refractivity contribution in [1.82, 2.24) is 0 Å². The minimum Gasteiger partial charge on any atom is -0.106 e. The number of alkyl halides is 2. The van der Waals surface area contributed by atoms with Crippen molar-refractivity contribution in [1.29, 1.82) is 0 Å². The number of halogens is 8. The van der Waals surface area contributed by atoms with Crippen LogP contribution in [0, 0.1) is 0 Å². The second kappa shape index (κ2) is 16.7. The molecule has 0 saturated carbocycles. The lowest BCUT2D eigenvalue weighted by Crippen LogP contribution is -1.67. The van der Waals surface area contributed by atoms with Gasteiger partial charge in [0.1, 0.15) is 4.84 Å². The standard InChI is InChI=1S/C6H3Cl3.C6H4Cl2.C6H5Cl.C2H4Cl2/c7-4-2-1-3-5(8)6(4)9;7-5-3-1-2-4-6(5)8;7-6-4-2-1-3-5-6;1-2(3)4/h1-3H;1-4H;1-5H;2H,1H3. The zero-order chi connectivity index (χ0) is 21.5. The van der Waals surface area contributed by atoms with Gasteiger partial charge in [-0.05, 0) is 43.3 Å². The Bertz CT molecular complexity index is 747. The molecule has 0 aromatic heterocycles. The van der Waals surface area contributed by atoms with E-state index in [-0.39, 0.29) is 4.84 Å². The van der Waals surface area contributed by atoms with Crippen molar-refractivity contribution in [2.75, 3.05) is 0 Å². The summed E-state index contributed by atoms with van der Waals surface area (Å²) < 4.78 is 0. The molecule has 0 bridgehead atoms. The summed E-state index contributed by atoms with van der Waals surface area (Å²) in [5, 5.41) is 3.40. The van der Waals surface area contributed by atoms with Gasteiger partial charge in [-0.2, -0.15) is 0 Å². The molecule has 28 heavy (non-hydrogen) atoms. The van der Waals surface area contributed by atoms with Crippen molar-refractivity contribution in [3.8, 4) is 0 Å². The van der Waals surface area contributed by atoms with Gasteiger partial charge < -0.3 is 0 Å². The average Bonchev–Trinajstić information content (AvgIpc) is 2.63. The van der Waals surface area contributed by atoms with Crippen LogP contribution in [-0.4, -0.2) is 4.84 Å². The van der Waals surface area contributed by atoms with Crippen LogP contribution in [0.15, 0.2) is 72.8 Å². The Hall–Kier alpha value is -0.0200. The van der Waals surface area contributed by atoms with E-state index in [2.05, 4.69) is 0 Å². The first-order chi connectivity index (χ1) is 13.1.